The Kier molecular flexibility index (Phi) is 5.09. The summed E-state index contributed by atoms with van der Waals surface area (Å²) in [4.78, 5) is 14.6. The van der Waals surface area contributed by atoms with Crippen LogP contribution < -0.4 is 5.32 Å². The monoisotopic (exact) mass is 308 g/mol. The second-order valence-corrected chi connectivity index (χ2v) is 6.16. The van der Waals surface area contributed by atoms with Gasteiger partial charge in [-0.2, -0.15) is 0 Å². The van der Waals surface area contributed by atoms with Crippen LogP contribution in [0.2, 0.25) is 0 Å². The lowest BCUT2D eigenvalue weighted by molar-refractivity contribution is -0.126. The molecule has 0 aliphatic carbocycles. The number of hydrogen-bond acceptors (Lipinski definition) is 2. The van der Waals surface area contributed by atoms with E-state index in [1.807, 2.05) is 6.07 Å². The molecule has 0 bridgehead atoms. The normalized spacial score (nSPS) is 17.5. The first-order chi connectivity index (χ1) is 11.3. The first kappa shape index (κ1) is 15.8. The van der Waals surface area contributed by atoms with Crippen LogP contribution in [0.1, 0.15) is 23.1 Å². The van der Waals surface area contributed by atoms with Crippen LogP contribution in [0.15, 0.2) is 54.6 Å². The van der Waals surface area contributed by atoms with E-state index in [1.165, 1.54) is 16.7 Å². The van der Waals surface area contributed by atoms with Crippen molar-refractivity contribution in [3.05, 3.63) is 71.3 Å². The Morgan fingerprint density at radius 3 is 2.52 bits per heavy atom. The van der Waals surface area contributed by atoms with Crippen LogP contribution in [-0.4, -0.2) is 30.4 Å². The number of hydrogen-bond donors (Lipinski definition) is 1. The SMILES string of the molecule is CNC(=O)[C@H]1Cc2ccccc2CN1CCCc1ccccc1. The minimum atomic E-state index is -0.0503. The zero-order valence-corrected chi connectivity index (χ0v) is 13.7. The highest BCUT2D eigenvalue weighted by atomic mass is 16.2. The molecular weight excluding hydrogens is 284 g/mol. The van der Waals surface area contributed by atoms with E-state index in [1.54, 1.807) is 7.05 Å². The molecule has 1 aliphatic rings. The number of carbonyl (C=O) groups excluding carboxylic acids is 1. The van der Waals surface area contributed by atoms with Crippen molar-refractivity contribution >= 4 is 5.91 Å². The maximum Gasteiger partial charge on any atom is 0.237 e. The molecule has 0 aromatic heterocycles. The standard InChI is InChI=1S/C20H24N2O/c1-21-20(23)19-14-17-11-5-6-12-18(17)15-22(19)13-7-10-16-8-3-2-4-9-16/h2-6,8-9,11-12,19H,7,10,13-15H2,1H3,(H,21,23)/t19-/m1/s1. The Balaban J connectivity index is 1.67. The van der Waals surface area contributed by atoms with Crippen molar-refractivity contribution in [2.75, 3.05) is 13.6 Å². The average Bonchev–Trinajstić information content (AvgIpc) is 2.61. The molecule has 0 fully saturated rings. The van der Waals surface area contributed by atoms with Crippen LogP contribution >= 0.6 is 0 Å². The van der Waals surface area contributed by atoms with Crippen molar-refractivity contribution < 1.29 is 4.79 Å². The fourth-order valence-electron chi connectivity index (χ4n) is 3.37. The van der Waals surface area contributed by atoms with E-state index in [9.17, 15) is 4.79 Å². The van der Waals surface area contributed by atoms with E-state index in [2.05, 4.69) is 58.7 Å². The second kappa shape index (κ2) is 7.42. The molecule has 0 spiro atoms. The van der Waals surface area contributed by atoms with Gasteiger partial charge in [0.25, 0.3) is 0 Å². The number of benzene rings is 2. The summed E-state index contributed by atoms with van der Waals surface area (Å²) >= 11 is 0. The van der Waals surface area contributed by atoms with Gasteiger partial charge in [0, 0.05) is 13.6 Å². The third kappa shape index (κ3) is 3.80. The molecule has 1 N–H and O–H groups in total. The summed E-state index contributed by atoms with van der Waals surface area (Å²) in [6.07, 6.45) is 2.93. The number of amides is 1. The van der Waals surface area contributed by atoms with Gasteiger partial charge in [0.05, 0.1) is 6.04 Å². The number of fused-ring (bicyclic) bond motifs is 1. The molecular formula is C20H24N2O. The van der Waals surface area contributed by atoms with Gasteiger partial charge in [-0.25, -0.2) is 0 Å². The average molecular weight is 308 g/mol. The molecule has 1 amide bonds. The Morgan fingerprint density at radius 1 is 1.09 bits per heavy atom. The van der Waals surface area contributed by atoms with Crippen LogP contribution in [0.25, 0.3) is 0 Å². The summed E-state index contributed by atoms with van der Waals surface area (Å²) in [5.41, 5.74) is 4.02. The van der Waals surface area contributed by atoms with E-state index < -0.39 is 0 Å². The molecule has 2 aromatic carbocycles. The Bertz CT molecular complexity index is 654. The van der Waals surface area contributed by atoms with Crippen LogP contribution in [0.4, 0.5) is 0 Å². The molecule has 0 saturated heterocycles. The van der Waals surface area contributed by atoms with E-state index in [4.69, 9.17) is 0 Å². The first-order valence-corrected chi connectivity index (χ1v) is 8.34. The highest BCUT2D eigenvalue weighted by Crippen LogP contribution is 2.23. The smallest absolute Gasteiger partial charge is 0.237 e. The van der Waals surface area contributed by atoms with E-state index in [0.717, 1.165) is 32.4 Å². The molecule has 3 rings (SSSR count). The molecule has 0 radical (unpaired) electrons. The van der Waals surface area contributed by atoms with Gasteiger partial charge in [-0.05, 0) is 42.5 Å². The van der Waals surface area contributed by atoms with Crippen molar-refractivity contribution in [3.8, 4) is 0 Å². The lowest BCUT2D eigenvalue weighted by Gasteiger charge is -2.35. The molecule has 3 nitrogen and oxygen atoms in total. The number of rotatable bonds is 5. The van der Waals surface area contributed by atoms with Gasteiger partial charge in [0.1, 0.15) is 0 Å². The lowest BCUT2D eigenvalue weighted by Crippen LogP contribution is -2.49. The summed E-state index contributed by atoms with van der Waals surface area (Å²) < 4.78 is 0. The van der Waals surface area contributed by atoms with Gasteiger partial charge in [0.15, 0.2) is 0 Å². The van der Waals surface area contributed by atoms with Crippen molar-refractivity contribution in [2.24, 2.45) is 0 Å². The maximum atomic E-state index is 12.3. The first-order valence-electron chi connectivity index (χ1n) is 8.34. The maximum absolute atomic E-state index is 12.3. The Hall–Kier alpha value is -2.13. The molecule has 120 valence electrons. The Morgan fingerprint density at radius 2 is 1.78 bits per heavy atom. The number of carbonyl (C=O) groups is 1. The van der Waals surface area contributed by atoms with Gasteiger partial charge in [0.2, 0.25) is 5.91 Å². The van der Waals surface area contributed by atoms with Crippen LogP contribution in [0.3, 0.4) is 0 Å². The Labute approximate surface area is 138 Å². The summed E-state index contributed by atoms with van der Waals surface area (Å²) in [6, 6.07) is 19.0. The minimum Gasteiger partial charge on any atom is -0.358 e. The van der Waals surface area contributed by atoms with Crippen LogP contribution in [0.5, 0.6) is 0 Å². The molecule has 2 aromatic rings. The van der Waals surface area contributed by atoms with Crippen molar-refractivity contribution in [1.29, 1.82) is 0 Å². The van der Waals surface area contributed by atoms with Gasteiger partial charge < -0.3 is 5.32 Å². The van der Waals surface area contributed by atoms with Crippen LogP contribution in [-0.2, 0) is 24.2 Å². The zero-order valence-electron chi connectivity index (χ0n) is 13.7. The summed E-state index contributed by atoms with van der Waals surface area (Å²) in [5, 5.41) is 2.82. The number of likely N-dealkylation sites (N-methyl/N-ethyl adjacent to an activating group) is 1. The topological polar surface area (TPSA) is 32.3 Å². The second-order valence-electron chi connectivity index (χ2n) is 6.16. The van der Waals surface area contributed by atoms with E-state index in [0.29, 0.717) is 0 Å². The van der Waals surface area contributed by atoms with Gasteiger partial charge in [-0.15, -0.1) is 0 Å². The molecule has 1 atom stereocenters. The van der Waals surface area contributed by atoms with Gasteiger partial charge in [-0.3, -0.25) is 9.69 Å². The van der Waals surface area contributed by atoms with Crippen molar-refractivity contribution in [1.82, 2.24) is 10.2 Å². The van der Waals surface area contributed by atoms with Gasteiger partial charge in [-0.1, -0.05) is 54.6 Å². The number of nitrogens with one attached hydrogen (secondary N) is 1. The third-order valence-electron chi connectivity index (χ3n) is 4.65. The molecule has 0 saturated carbocycles. The van der Waals surface area contributed by atoms with E-state index >= 15 is 0 Å². The highest BCUT2D eigenvalue weighted by molar-refractivity contribution is 5.82. The number of nitrogens with zero attached hydrogens (tertiary/aromatic N) is 1. The molecule has 3 heteroatoms. The number of aryl methyl sites for hydroxylation is 1. The zero-order chi connectivity index (χ0) is 16.1. The summed E-state index contributed by atoms with van der Waals surface area (Å²) in [5.74, 6) is 0.124. The molecule has 23 heavy (non-hydrogen) atoms. The summed E-state index contributed by atoms with van der Waals surface area (Å²) in [6.45, 7) is 1.81. The fraction of sp³-hybridized carbons (Fsp3) is 0.350. The molecule has 1 heterocycles. The minimum absolute atomic E-state index is 0.0503. The molecule has 1 aliphatic heterocycles. The fourth-order valence-corrected chi connectivity index (χ4v) is 3.37. The third-order valence-corrected chi connectivity index (χ3v) is 4.65. The molecule has 0 unspecified atom stereocenters. The largest absolute Gasteiger partial charge is 0.358 e. The lowest BCUT2D eigenvalue weighted by atomic mass is 9.93. The van der Waals surface area contributed by atoms with Crippen molar-refractivity contribution in [3.63, 3.8) is 0 Å². The van der Waals surface area contributed by atoms with Crippen LogP contribution in [0, 0.1) is 0 Å². The van der Waals surface area contributed by atoms with E-state index in [-0.39, 0.29) is 11.9 Å². The van der Waals surface area contributed by atoms with Gasteiger partial charge >= 0.3 is 0 Å². The predicted molar refractivity (Wildman–Crippen MR) is 93.2 cm³/mol. The van der Waals surface area contributed by atoms with Crippen molar-refractivity contribution in [2.45, 2.75) is 31.8 Å². The quantitative estimate of drug-likeness (QED) is 0.921. The summed E-state index contributed by atoms with van der Waals surface area (Å²) in [7, 11) is 1.73. The predicted octanol–water partition coefficient (Wildman–Crippen LogP) is 2.79. The highest BCUT2D eigenvalue weighted by Gasteiger charge is 2.30.